The van der Waals surface area contributed by atoms with E-state index in [0.29, 0.717) is 6.54 Å². The van der Waals surface area contributed by atoms with Gasteiger partial charge in [0.2, 0.25) is 0 Å². The topological polar surface area (TPSA) is 43.8 Å². The summed E-state index contributed by atoms with van der Waals surface area (Å²) in [5.74, 6) is -0.896. The summed E-state index contributed by atoms with van der Waals surface area (Å²) >= 11 is 0. The number of fused-ring (bicyclic) bond motifs is 1. The van der Waals surface area contributed by atoms with E-state index in [-0.39, 0.29) is 0 Å². The van der Waals surface area contributed by atoms with Crippen LogP contribution in [0.4, 0.5) is 11.4 Å². The van der Waals surface area contributed by atoms with Gasteiger partial charge in [-0.25, -0.2) is 4.79 Å². The van der Waals surface area contributed by atoms with Crippen molar-refractivity contribution in [3.05, 3.63) is 36.4 Å². The van der Waals surface area contributed by atoms with Crippen molar-refractivity contribution in [3.63, 3.8) is 0 Å². The lowest BCUT2D eigenvalue weighted by molar-refractivity contribution is -0.131. The fourth-order valence-electron chi connectivity index (χ4n) is 2.04. The molecular weight excluding hydrogens is 216 g/mol. The zero-order chi connectivity index (χ0) is 12.3. The average molecular weight is 232 g/mol. The van der Waals surface area contributed by atoms with E-state index in [9.17, 15) is 4.79 Å². The summed E-state index contributed by atoms with van der Waals surface area (Å²) in [6, 6.07) is 8.18. The van der Waals surface area contributed by atoms with E-state index in [4.69, 9.17) is 5.11 Å². The maximum Gasteiger partial charge on any atom is 0.328 e. The molecule has 0 spiro atoms. The first-order valence-corrected chi connectivity index (χ1v) is 5.63. The van der Waals surface area contributed by atoms with Crippen LogP contribution in [0.5, 0.6) is 0 Å². The zero-order valence-electron chi connectivity index (χ0n) is 9.84. The first-order chi connectivity index (χ1) is 8.18. The van der Waals surface area contributed by atoms with Gasteiger partial charge in [0.1, 0.15) is 0 Å². The van der Waals surface area contributed by atoms with Crippen LogP contribution in [0.3, 0.4) is 0 Å². The quantitative estimate of drug-likeness (QED) is 0.804. The normalized spacial score (nSPS) is 15.1. The highest BCUT2D eigenvalue weighted by Gasteiger charge is 2.18. The number of aliphatic carboxylic acids is 1. The van der Waals surface area contributed by atoms with Crippen LogP contribution >= 0.6 is 0 Å². The van der Waals surface area contributed by atoms with Gasteiger partial charge in [0.05, 0.1) is 11.4 Å². The van der Waals surface area contributed by atoms with E-state index >= 15 is 0 Å². The molecular formula is C13H16N2O2. The second kappa shape index (κ2) is 4.91. The van der Waals surface area contributed by atoms with Gasteiger partial charge in [-0.3, -0.25) is 0 Å². The largest absolute Gasteiger partial charge is 0.478 e. The van der Waals surface area contributed by atoms with Gasteiger partial charge in [-0.05, 0) is 12.1 Å². The lowest BCUT2D eigenvalue weighted by Crippen LogP contribution is -2.39. The summed E-state index contributed by atoms with van der Waals surface area (Å²) in [4.78, 5) is 14.8. The molecule has 1 aliphatic heterocycles. The van der Waals surface area contributed by atoms with Gasteiger partial charge >= 0.3 is 5.97 Å². The average Bonchev–Trinajstić information content (AvgIpc) is 2.32. The van der Waals surface area contributed by atoms with Crippen molar-refractivity contribution in [2.45, 2.75) is 0 Å². The summed E-state index contributed by atoms with van der Waals surface area (Å²) in [5.41, 5.74) is 2.36. The van der Waals surface area contributed by atoms with Gasteiger partial charge in [0.25, 0.3) is 0 Å². The van der Waals surface area contributed by atoms with Crippen molar-refractivity contribution < 1.29 is 9.90 Å². The Hall–Kier alpha value is -1.97. The van der Waals surface area contributed by atoms with Crippen LogP contribution in [0.15, 0.2) is 36.4 Å². The van der Waals surface area contributed by atoms with Crippen molar-refractivity contribution in [1.29, 1.82) is 0 Å². The maximum atomic E-state index is 10.4. The molecule has 0 radical (unpaired) electrons. The highest BCUT2D eigenvalue weighted by molar-refractivity contribution is 5.80. The summed E-state index contributed by atoms with van der Waals surface area (Å²) < 4.78 is 0. The zero-order valence-corrected chi connectivity index (χ0v) is 9.84. The van der Waals surface area contributed by atoms with Gasteiger partial charge in [-0.1, -0.05) is 18.2 Å². The molecule has 0 aromatic heterocycles. The number of carbonyl (C=O) groups is 1. The van der Waals surface area contributed by atoms with Gasteiger partial charge in [0, 0.05) is 32.8 Å². The number of rotatable bonds is 3. The molecule has 1 aliphatic rings. The number of hydrogen-bond acceptors (Lipinski definition) is 3. The molecule has 0 unspecified atom stereocenters. The fourth-order valence-corrected chi connectivity index (χ4v) is 2.04. The Balaban J connectivity index is 2.16. The minimum Gasteiger partial charge on any atom is -0.478 e. The molecule has 0 saturated carbocycles. The van der Waals surface area contributed by atoms with Crippen LogP contribution in [0.2, 0.25) is 0 Å². The molecule has 1 N–H and O–H groups in total. The van der Waals surface area contributed by atoms with Gasteiger partial charge in [0.15, 0.2) is 0 Å². The third-order valence-corrected chi connectivity index (χ3v) is 2.93. The van der Waals surface area contributed by atoms with Gasteiger partial charge in [-0.15, -0.1) is 0 Å². The number of anilines is 2. The molecule has 17 heavy (non-hydrogen) atoms. The molecule has 1 aromatic carbocycles. The molecule has 0 atom stereocenters. The molecule has 1 heterocycles. The number of carboxylic acids is 1. The molecule has 0 bridgehead atoms. The molecule has 0 amide bonds. The van der Waals surface area contributed by atoms with Crippen molar-refractivity contribution in [3.8, 4) is 0 Å². The molecule has 4 nitrogen and oxygen atoms in total. The molecule has 90 valence electrons. The Morgan fingerprint density at radius 1 is 1.35 bits per heavy atom. The van der Waals surface area contributed by atoms with Gasteiger partial charge in [-0.2, -0.15) is 0 Å². The summed E-state index contributed by atoms with van der Waals surface area (Å²) in [6.07, 6.45) is 2.88. The highest BCUT2D eigenvalue weighted by Crippen LogP contribution is 2.31. The maximum absolute atomic E-state index is 10.4. The van der Waals surface area contributed by atoms with Crippen LogP contribution < -0.4 is 9.80 Å². The molecule has 0 aliphatic carbocycles. The molecule has 1 aromatic rings. The van der Waals surface area contributed by atoms with Crippen LogP contribution in [0, 0.1) is 0 Å². The van der Waals surface area contributed by atoms with E-state index in [1.165, 1.54) is 11.8 Å². The van der Waals surface area contributed by atoms with E-state index in [1.807, 2.05) is 12.1 Å². The highest BCUT2D eigenvalue weighted by atomic mass is 16.4. The summed E-state index contributed by atoms with van der Waals surface area (Å²) in [5, 5.41) is 8.57. The van der Waals surface area contributed by atoms with Crippen LogP contribution in [0.1, 0.15) is 0 Å². The third kappa shape index (κ3) is 2.58. The van der Waals surface area contributed by atoms with E-state index in [1.54, 1.807) is 6.08 Å². The second-order valence-corrected chi connectivity index (χ2v) is 4.10. The van der Waals surface area contributed by atoms with Crippen molar-refractivity contribution in [2.24, 2.45) is 0 Å². The minimum atomic E-state index is -0.896. The predicted molar refractivity (Wildman–Crippen MR) is 68.7 cm³/mol. The van der Waals surface area contributed by atoms with Crippen LogP contribution in [0.25, 0.3) is 0 Å². The minimum absolute atomic E-state index is 0.636. The first kappa shape index (κ1) is 11.5. The number of nitrogens with zero attached hydrogens (tertiary/aromatic N) is 2. The van der Waals surface area contributed by atoms with Crippen molar-refractivity contribution in [2.75, 3.05) is 36.5 Å². The third-order valence-electron chi connectivity index (χ3n) is 2.93. The second-order valence-electron chi connectivity index (χ2n) is 4.10. The van der Waals surface area contributed by atoms with Crippen LogP contribution in [-0.4, -0.2) is 37.8 Å². The van der Waals surface area contributed by atoms with E-state index in [2.05, 4.69) is 29.0 Å². The Labute approximate surface area is 101 Å². The number of para-hydroxylation sites is 2. The number of benzene rings is 1. The SMILES string of the molecule is CN1CCN(CC=CC(=O)O)c2ccccc21. The summed E-state index contributed by atoms with van der Waals surface area (Å²) in [6.45, 7) is 2.51. The number of likely N-dealkylation sites (N-methyl/N-ethyl adjacent to an activating group) is 1. The Kier molecular flexibility index (Phi) is 3.32. The smallest absolute Gasteiger partial charge is 0.328 e. The summed E-state index contributed by atoms with van der Waals surface area (Å²) in [7, 11) is 2.07. The fraction of sp³-hybridized carbons (Fsp3) is 0.308. The van der Waals surface area contributed by atoms with Crippen molar-refractivity contribution >= 4 is 17.3 Å². The van der Waals surface area contributed by atoms with E-state index in [0.717, 1.165) is 18.8 Å². The van der Waals surface area contributed by atoms with E-state index < -0.39 is 5.97 Å². The van der Waals surface area contributed by atoms with Crippen molar-refractivity contribution in [1.82, 2.24) is 0 Å². The monoisotopic (exact) mass is 232 g/mol. The molecule has 4 heteroatoms. The Morgan fingerprint density at radius 3 is 2.76 bits per heavy atom. The number of hydrogen-bond donors (Lipinski definition) is 1. The lowest BCUT2D eigenvalue weighted by atomic mass is 10.2. The molecule has 0 saturated heterocycles. The molecule has 2 rings (SSSR count). The standard InChI is InChI=1S/C13H16N2O2/c1-14-9-10-15(8-4-7-13(16)17)12-6-3-2-5-11(12)14/h2-7H,8-10H2,1H3,(H,16,17). The van der Waals surface area contributed by atoms with Gasteiger partial charge < -0.3 is 14.9 Å². The number of carboxylic acid groups (broad SMARTS) is 1. The lowest BCUT2D eigenvalue weighted by Gasteiger charge is -2.36. The first-order valence-electron chi connectivity index (χ1n) is 5.63. The van der Waals surface area contributed by atoms with Crippen LogP contribution in [-0.2, 0) is 4.79 Å². The molecule has 0 fully saturated rings. The predicted octanol–water partition coefficient (Wildman–Crippen LogP) is 1.58. The Bertz CT molecular complexity index is 443. The Morgan fingerprint density at radius 2 is 2.06 bits per heavy atom.